The van der Waals surface area contributed by atoms with Gasteiger partial charge in [0.1, 0.15) is 10.7 Å². The average Bonchev–Trinajstić information content (AvgIpc) is 3.01. The summed E-state index contributed by atoms with van der Waals surface area (Å²) in [7, 11) is -4.21. The van der Waals surface area contributed by atoms with Crippen LogP contribution in [0.15, 0.2) is 65.7 Å². The van der Waals surface area contributed by atoms with Gasteiger partial charge in [-0.2, -0.15) is 0 Å². The number of aryl methyl sites for hydroxylation is 1. The molecule has 45 heavy (non-hydrogen) atoms. The molecule has 0 spiro atoms. The molecule has 1 saturated carbocycles. The summed E-state index contributed by atoms with van der Waals surface area (Å²) in [5.74, 6) is -0.352. The number of nitrogens with zero attached hydrogens (tertiary/aromatic N) is 2. The first-order valence-electron chi connectivity index (χ1n) is 15.1. The molecule has 1 aliphatic carbocycles. The lowest BCUT2D eigenvalue weighted by Gasteiger charge is -2.30. The summed E-state index contributed by atoms with van der Waals surface area (Å²) < 4.78 is 43.4. The van der Waals surface area contributed by atoms with E-state index in [0.29, 0.717) is 17.9 Å². The predicted octanol–water partition coefficient (Wildman–Crippen LogP) is 6.28. The van der Waals surface area contributed by atoms with E-state index >= 15 is 4.39 Å². The van der Waals surface area contributed by atoms with Crippen LogP contribution in [0.25, 0.3) is 22.0 Å². The fourth-order valence-electron chi connectivity index (χ4n) is 5.53. The Labute approximate surface area is 268 Å². The SMILES string of the molecule is CCc1cc(-c2ccc(S(=O)(=O)Nc3ccccc3Cl)c(F)c2)cc2cnc(NC3CCC(NC(=O)C(N)C(C)C)CC3)nc12. The third-order valence-corrected chi connectivity index (χ3v) is 9.97. The van der Waals surface area contributed by atoms with E-state index < -0.39 is 26.8 Å². The fraction of sp³-hybridized carbons (Fsp3) is 0.364. The highest BCUT2D eigenvalue weighted by molar-refractivity contribution is 7.92. The number of hydrogen-bond acceptors (Lipinski definition) is 7. The van der Waals surface area contributed by atoms with E-state index in [9.17, 15) is 13.2 Å². The van der Waals surface area contributed by atoms with Crippen molar-refractivity contribution in [2.75, 3.05) is 10.0 Å². The monoisotopic (exact) mass is 652 g/mol. The second-order valence-corrected chi connectivity index (χ2v) is 13.9. The molecule has 0 radical (unpaired) electrons. The Kier molecular flexibility index (Phi) is 9.91. The molecular weight excluding hydrogens is 615 g/mol. The van der Waals surface area contributed by atoms with Crippen molar-refractivity contribution >= 4 is 50.1 Å². The fourth-order valence-corrected chi connectivity index (χ4v) is 6.91. The van der Waals surface area contributed by atoms with Crippen molar-refractivity contribution < 1.29 is 17.6 Å². The number of carbonyl (C=O) groups excluding carboxylic acids is 1. The van der Waals surface area contributed by atoms with Gasteiger partial charge in [0.2, 0.25) is 11.9 Å². The number of carbonyl (C=O) groups is 1. The van der Waals surface area contributed by atoms with Crippen LogP contribution in [0, 0.1) is 11.7 Å². The lowest BCUT2D eigenvalue weighted by Crippen LogP contribution is -2.49. The number of para-hydroxylation sites is 1. The molecule has 5 N–H and O–H groups in total. The highest BCUT2D eigenvalue weighted by atomic mass is 35.5. The number of nitrogens with two attached hydrogens (primary N) is 1. The Balaban J connectivity index is 1.30. The number of fused-ring (bicyclic) bond motifs is 1. The van der Waals surface area contributed by atoms with E-state index in [0.717, 1.165) is 47.7 Å². The second kappa shape index (κ2) is 13.7. The van der Waals surface area contributed by atoms with Gasteiger partial charge in [-0.05, 0) is 91.1 Å². The first-order valence-corrected chi connectivity index (χ1v) is 17.0. The quantitative estimate of drug-likeness (QED) is 0.158. The molecule has 0 aliphatic heterocycles. The lowest BCUT2D eigenvalue weighted by atomic mass is 9.90. The first-order chi connectivity index (χ1) is 21.4. The Morgan fingerprint density at radius 2 is 1.76 bits per heavy atom. The Bertz CT molecular complexity index is 1810. The van der Waals surface area contributed by atoms with E-state index in [1.54, 1.807) is 30.5 Å². The van der Waals surface area contributed by atoms with Crippen LogP contribution in [0.5, 0.6) is 0 Å². The summed E-state index contributed by atoms with van der Waals surface area (Å²) in [6.07, 6.45) is 5.86. The predicted molar refractivity (Wildman–Crippen MR) is 177 cm³/mol. The summed E-state index contributed by atoms with van der Waals surface area (Å²) in [5.41, 5.74) is 9.17. The molecule has 1 aromatic heterocycles. The topological polar surface area (TPSA) is 139 Å². The van der Waals surface area contributed by atoms with Crippen molar-refractivity contribution in [2.45, 2.75) is 75.9 Å². The molecule has 1 amide bonds. The van der Waals surface area contributed by atoms with Crippen LogP contribution in [0.1, 0.15) is 52.0 Å². The number of nitrogens with one attached hydrogen (secondary N) is 3. The maximum Gasteiger partial charge on any atom is 0.264 e. The largest absolute Gasteiger partial charge is 0.352 e. The van der Waals surface area contributed by atoms with Crippen molar-refractivity contribution in [3.05, 3.63) is 77.2 Å². The van der Waals surface area contributed by atoms with Gasteiger partial charge in [-0.15, -0.1) is 0 Å². The molecule has 1 heterocycles. The minimum absolute atomic E-state index is 0.0888. The highest BCUT2D eigenvalue weighted by Crippen LogP contribution is 2.31. The zero-order valence-electron chi connectivity index (χ0n) is 25.5. The van der Waals surface area contributed by atoms with Gasteiger partial charge < -0.3 is 16.4 Å². The maximum atomic E-state index is 15.2. The molecule has 9 nitrogen and oxygen atoms in total. The van der Waals surface area contributed by atoms with Crippen LogP contribution in [0.3, 0.4) is 0 Å². The van der Waals surface area contributed by atoms with E-state index in [1.165, 1.54) is 18.2 Å². The smallest absolute Gasteiger partial charge is 0.264 e. The molecule has 0 bridgehead atoms. The standard InChI is InChI=1S/C33H38ClFN6O3S/c1-4-20-15-22(21-9-14-29(27(35)17-21)45(43,44)41-28-8-6-5-7-26(28)34)16-23-18-37-33(40-31(20)23)39-25-12-10-24(11-13-25)38-32(42)30(36)19(2)3/h5-9,14-19,24-25,30,41H,4,10-13,36H2,1-3H3,(H,38,42)(H,37,39,40). The third kappa shape index (κ3) is 7.54. The molecule has 1 unspecified atom stereocenters. The van der Waals surface area contributed by atoms with Crippen molar-refractivity contribution in [3.8, 4) is 11.1 Å². The number of aromatic nitrogens is 2. The number of hydrogen-bond donors (Lipinski definition) is 4. The summed E-state index contributed by atoms with van der Waals surface area (Å²) in [4.78, 5) is 21.2. The van der Waals surface area contributed by atoms with Gasteiger partial charge >= 0.3 is 0 Å². The molecule has 238 valence electrons. The van der Waals surface area contributed by atoms with E-state index in [2.05, 4.69) is 20.3 Å². The van der Waals surface area contributed by atoms with Gasteiger partial charge in [-0.3, -0.25) is 9.52 Å². The Morgan fingerprint density at radius 3 is 2.42 bits per heavy atom. The van der Waals surface area contributed by atoms with Crippen LogP contribution in [-0.4, -0.2) is 42.4 Å². The molecule has 1 aliphatic rings. The minimum Gasteiger partial charge on any atom is -0.352 e. The normalized spacial score (nSPS) is 17.7. The number of amides is 1. The molecule has 5 rings (SSSR count). The maximum absolute atomic E-state index is 15.2. The van der Waals surface area contributed by atoms with Crippen LogP contribution < -0.4 is 21.1 Å². The van der Waals surface area contributed by atoms with Gasteiger partial charge in [-0.1, -0.05) is 50.6 Å². The van der Waals surface area contributed by atoms with Crippen LogP contribution >= 0.6 is 11.6 Å². The lowest BCUT2D eigenvalue weighted by molar-refractivity contribution is -0.124. The molecule has 12 heteroatoms. The van der Waals surface area contributed by atoms with Gasteiger partial charge in [0, 0.05) is 23.7 Å². The first kappa shape index (κ1) is 32.6. The number of rotatable bonds is 10. The van der Waals surface area contributed by atoms with Crippen LogP contribution in [0.2, 0.25) is 5.02 Å². The zero-order chi connectivity index (χ0) is 32.3. The second-order valence-electron chi connectivity index (χ2n) is 11.8. The van der Waals surface area contributed by atoms with E-state index in [1.807, 2.05) is 32.9 Å². The molecule has 3 aromatic carbocycles. The molecule has 1 fully saturated rings. The summed E-state index contributed by atoms with van der Waals surface area (Å²) in [5, 5.41) is 7.54. The number of benzene rings is 3. The summed E-state index contributed by atoms with van der Waals surface area (Å²) >= 11 is 6.08. The van der Waals surface area contributed by atoms with Crippen molar-refractivity contribution in [3.63, 3.8) is 0 Å². The summed E-state index contributed by atoms with van der Waals surface area (Å²) in [6.45, 7) is 5.90. The highest BCUT2D eigenvalue weighted by Gasteiger charge is 2.26. The number of sulfonamides is 1. The summed E-state index contributed by atoms with van der Waals surface area (Å²) in [6, 6.07) is 14.0. The zero-order valence-corrected chi connectivity index (χ0v) is 27.1. The van der Waals surface area contributed by atoms with Crippen LogP contribution in [-0.2, 0) is 21.2 Å². The Hall–Kier alpha value is -3.80. The molecule has 1 atom stereocenters. The van der Waals surface area contributed by atoms with E-state index in [-0.39, 0.29) is 34.6 Å². The van der Waals surface area contributed by atoms with Crippen molar-refractivity contribution in [1.82, 2.24) is 15.3 Å². The van der Waals surface area contributed by atoms with Gasteiger partial charge in [0.25, 0.3) is 10.0 Å². The van der Waals surface area contributed by atoms with E-state index in [4.69, 9.17) is 22.3 Å². The average molecular weight is 653 g/mol. The van der Waals surface area contributed by atoms with Crippen LogP contribution in [0.4, 0.5) is 16.0 Å². The Morgan fingerprint density at radius 1 is 1.04 bits per heavy atom. The number of anilines is 2. The van der Waals surface area contributed by atoms with Crippen molar-refractivity contribution in [1.29, 1.82) is 0 Å². The minimum atomic E-state index is -4.21. The number of halogens is 2. The third-order valence-electron chi connectivity index (χ3n) is 8.24. The van der Waals surface area contributed by atoms with Crippen molar-refractivity contribution in [2.24, 2.45) is 11.7 Å². The molecule has 4 aromatic rings. The molecular formula is C33H38ClFN6O3S. The van der Waals surface area contributed by atoms with Gasteiger partial charge in [0.05, 0.1) is 22.3 Å². The van der Waals surface area contributed by atoms with Gasteiger partial charge in [-0.25, -0.2) is 22.8 Å². The van der Waals surface area contributed by atoms with Gasteiger partial charge in [0.15, 0.2) is 0 Å². The molecule has 0 saturated heterocycles.